The molecule has 0 saturated carbocycles. The fourth-order valence-corrected chi connectivity index (χ4v) is 3.75. The number of pyridine rings is 1. The maximum atomic E-state index is 11.3. The molecule has 0 aliphatic carbocycles. The van der Waals surface area contributed by atoms with Crippen LogP contribution >= 0.6 is 0 Å². The third kappa shape index (κ3) is 2.79. The summed E-state index contributed by atoms with van der Waals surface area (Å²) in [5.74, 6) is 0.341. The van der Waals surface area contributed by atoms with Gasteiger partial charge in [0.2, 0.25) is 0 Å². The van der Waals surface area contributed by atoms with Gasteiger partial charge in [-0.1, -0.05) is 50.2 Å². The maximum Gasteiger partial charge on any atom is 0.0986 e. The van der Waals surface area contributed by atoms with Crippen LogP contribution < -0.4 is 0 Å². The van der Waals surface area contributed by atoms with Crippen molar-refractivity contribution >= 4 is 0 Å². The Balaban J connectivity index is 1.77. The molecule has 0 bridgehead atoms. The van der Waals surface area contributed by atoms with Crippen molar-refractivity contribution in [3.63, 3.8) is 0 Å². The molecule has 2 aromatic rings. The van der Waals surface area contributed by atoms with Crippen molar-refractivity contribution in [3.05, 3.63) is 66.0 Å². The molecule has 1 N–H and O–H groups in total. The molecule has 0 spiro atoms. The highest BCUT2D eigenvalue weighted by atomic mass is 16.3. The van der Waals surface area contributed by atoms with E-state index in [9.17, 15) is 5.11 Å². The highest BCUT2D eigenvalue weighted by Gasteiger charge is 2.45. The molecule has 0 radical (unpaired) electrons. The first-order chi connectivity index (χ1) is 10.6. The zero-order valence-electron chi connectivity index (χ0n) is 13.3. The lowest BCUT2D eigenvalue weighted by Crippen LogP contribution is -2.54. The van der Waals surface area contributed by atoms with Gasteiger partial charge in [0, 0.05) is 49.4 Å². The van der Waals surface area contributed by atoms with Gasteiger partial charge in [0.05, 0.1) is 5.60 Å². The van der Waals surface area contributed by atoms with E-state index in [0.29, 0.717) is 0 Å². The van der Waals surface area contributed by atoms with Gasteiger partial charge in [-0.3, -0.25) is 9.88 Å². The number of rotatable bonds is 3. The molecule has 1 aromatic heterocycles. The Morgan fingerprint density at radius 2 is 1.77 bits per heavy atom. The van der Waals surface area contributed by atoms with Crippen molar-refractivity contribution in [3.8, 4) is 0 Å². The third-order valence-corrected chi connectivity index (χ3v) is 4.94. The normalized spacial score (nSPS) is 29.4. The van der Waals surface area contributed by atoms with Crippen LogP contribution in [0.15, 0.2) is 54.9 Å². The van der Waals surface area contributed by atoms with Crippen LogP contribution in [-0.4, -0.2) is 28.1 Å². The maximum absolute atomic E-state index is 11.3. The number of nitrogens with zero attached hydrogens (tertiary/aromatic N) is 2. The van der Waals surface area contributed by atoms with Crippen LogP contribution in [0.3, 0.4) is 0 Å². The lowest BCUT2D eigenvalue weighted by Gasteiger charge is -2.48. The standard InChI is InChI=1S/C19H24N2O/c1-15-12-21(14-17-7-4-3-5-8-17)13-16(2)19(15,22)18-9-6-10-20-11-18/h3-11,15-16,22H,12-14H2,1-2H3/t15-,16+,19-. The smallest absolute Gasteiger partial charge is 0.0986 e. The summed E-state index contributed by atoms with van der Waals surface area (Å²) in [6.07, 6.45) is 3.56. The highest BCUT2D eigenvalue weighted by Crippen LogP contribution is 2.41. The van der Waals surface area contributed by atoms with E-state index in [2.05, 4.69) is 48.0 Å². The van der Waals surface area contributed by atoms with E-state index in [1.165, 1.54) is 5.56 Å². The SMILES string of the molecule is C[C@@H]1CN(Cc2ccccc2)C[C@H](C)[C@@]1(O)c1cccnc1. The molecule has 1 saturated heterocycles. The average molecular weight is 296 g/mol. The van der Waals surface area contributed by atoms with Gasteiger partial charge in [-0.15, -0.1) is 0 Å². The lowest BCUT2D eigenvalue weighted by atomic mass is 9.71. The van der Waals surface area contributed by atoms with E-state index in [4.69, 9.17) is 0 Å². The molecule has 1 fully saturated rings. The molecule has 3 heteroatoms. The Labute approximate surface area is 132 Å². The van der Waals surface area contributed by atoms with Gasteiger partial charge < -0.3 is 5.11 Å². The van der Waals surface area contributed by atoms with Crippen LogP contribution in [0.4, 0.5) is 0 Å². The fourth-order valence-electron chi connectivity index (χ4n) is 3.75. The second-order valence-corrected chi connectivity index (χ2v) is 6.55. The molecular weight excluding hydrogens is 272 g/mol. The summed E-state index contributed by atoms with van der Waals surface area (Å²) in [5.41, 5.74) is 1.48. The van der Waals surface area contributed by atoms with Crippen molar-refractivity contribution < 1.29 is 5.11 Å². The molecule has 1 aliphatic heterocycles. The molecule has 1 aliphatic rings. The molecule has 22 heavy (non-hydrogen) atoms. The Bertz CT molecular complexity index is 587. The Morgan fingerprint density at radius 3 is 2.36 bits per heavy atom. The zero-order chi connectivity index (χ0) is 15.6. The molecule has 2 heterocycles. The summed E-state index contributed by atoms with van der Waals surface area (Å²) in [6, 6.07) is 14.4. The molecule has 3 nitrogen and oxygen atoms in total. The summed E-state index contributed by atoms with van der Waals surface area (Å²) >= 11 is 0. The second kappa shape index (κ2) is 6.19. The molecule has 0 unspecified atom stereocenters. The third-order valence-electron chi connectivity index (χ3n) is 4.94. The average Bonchev–Trinajstić information content (AvgIpc) is 2.54. The highest BCUT2D eigenvalue weighted by molar-refractivity contribution is 5.22. The minimum Gasteiger partial charge on any atom is -0.384 e. The topological polar surface area (TPSA) is 36.4 Å². The Kier molecular flexibility index (Phi) is 4.27. The predicted molar refractivity (Wildman–Crippen MR) is 88.2 cm³/mol. The minimum absolute atomic E-state index is 0.171. The number of benzene rings is 1. The number of hydrogen-bond donors (Lipinski definition) is 1. The van der Waals surface area contributed by atoms with Crippen LogP contribution in [0.2, 0.25) is 0 Å². The van der Waals surface area contributed by atoms with Gasteiger partial charge in [0.1, 0.15) is 0 Å². The summed E-state index contributed by atoms with van der Waals surface area (Å²) in [6.45, 7) is 7.01. The summed E-state index contributed by atoms with van der Waals surface area (Å²) in [5, 5.41) is 11.3. The van der Waals surface area contributed by atoms with E-state index >= 15 is 0 Å². The van der Waals surface area contributed by atoms with Crippen LogP contribution in [-0.2, 0) is 12.1 Å². The van der Waals surface area contributed by atoms with Gasteiger partial charge in [0.15, 0.2) is 0 Å². The predicted octanol–water partition coefficient (Wildman–Crippen LogP) is 3.06. The summed E-state index contributed by atoms with van der Waals surface area (Å²) in [4.78, 5) is 6.63. The van der Waals surface area contributed by atoms with Gasteiger partial charge in [-0.2, -0.15) is 0 Å². The van der Waals surface area contributed by atoms with E-state index in [0.717, 1.165) is 25.2 Å². The minimum atomic E-state index is -0.790. The summed E-state index contributed by atoms with van der Waals surface area (Å²) < 4.78 is 0. The molecule has 116 valence electrons. The van der Waals surface area contributed by atoms with Crippen molar-refractivity contribution in [2.45, 2.75) is 26.0 Å². The number of piperidine rings is 1. The number of hydrogen-bond acceptors (Lipinski definition) is 3. The molecular formula is C19H24N2O. The first-order valence-corrected chi connectivity index (χ1v) is 8.00. The zero-order valence-corrected chi connectivity index (χ0v) is 13.3. The first kappa shape index (κ1) is 15.2. The monoisotopic (exact) mass is 296 g/mol. The number of aliphatic hydroxyl groups is 1. The van der Waals surface area contributed by atoms with Crippen LogP contribution in [0.5, 0.6) is 0 Å². The van der Waals surface area contributed by atoms with E-state index < -0.39 is 5.60 Å². The van der Waals surface area contributed by atoms with Crippen molar-refractivity contribution in [1.29, 1.82) is 0 Å². The Morgan fingerprint density at radius 1 is 1.09 bits per heavy atom. The summed E-state index contributed by atoms with van der Waals surface area (Å²) in [7, 11) is 0. The van der Waals surface area contributed by atoms with E-state index in [1.807, 2.05) is 18.2 Å². The Hall–Kier alpha value is -1.71. The van der Waals surface area contributed by atoms with E-state index in [-0.39, 0.29) is 11.8 Å². The van der Waals surface area contributed by atoms with Crippen molar-refractivity contribution in [1.82, 2.24) is 9.88 Å². The fraction of sp³-hybridized carbons (Fsp3) is 0.421. The van der Waals surface area contributed by atoms with Gasteiger partial charge in [-0.05, 0) is 11.6 Å². The lowest BCUT2D eigenvalue weighted by molar-refractivity contribution is -0.114. The van der Waals surface area contributed by atoms with Gasteiger partial charge in [-0.25, -0.2) is 0 Å². The van der Waals surface area contributed by atoms with Crippen molar-refractivity contribution in [2.75, 3.05) is 13.1 Å². The van der Waals surface area contributed by atoms with Crippen LogP contribution in [0, 0.1) is 11.8 Å². The van der Waals surface area contributed by atoms with Crippen LogP contribution in [0.25, 0.3) is 0 Å². The van der Waals surface area contributed by atoms with E-state index in [1.54, 1.807) is 12.4 Å². The number of likely N-dealkylation sites (tertiary alicyclic amines) is 1. The van der Waals surface area contributed by atoms with Crippen LogP contribution in [0.1, 0.15) is 25.0 Å². The molecule has 3 rings (SSSR count). The largest absolute Gasteiger partial charge is 0.384 e. The molecule has 3 atom stereocenters. The first-order valence-electron chi connectivity index (χ1n) is 8.00. The quantitative estimate of drug-likeness (QED) is 0.945. The molecule has 0 amide bonds. The second-order valence-electron chi connectivity index (χ2n) is 6.55. The molecule has 1 aromatic carbocycles. The van der Waals surface area contributed by atoms with Crippen molar-refractivity contribution in [2.24, 2.45) is 11.8 Å². The van der Waals surface area contributed by atoms with Gasteiger partial charge >= 0.3 is 0 Å². The number of aromatic nitrogens is 1. The van der Waals surface area contributed by atoms with Gasteiger partial charge in [0.25, 0.3) is 0 Å².